The maximum Gasteiger partial charge on any atom is 0.207 e. The van der Waals surface area contributed by atoms with Gasteiger partial charge < -0.3 is 10.1 Å². The van der Waals surface area contributed by atoms with Crippen molar-refractivity contribution < 1.29 is 13.9 Å². The Balaban J connectivity index is 0.000000475. The number of carbonyl (C=O) groups excluding carboxylic acids is 1. The van der Waals surface area contributed by atoms with Crippen molar-refractivity contribution in [3.8, 4) is 16.6 Å². The maximum absolute atomic E-state index is 13.2. The van der Waals surface area contributed by atoms with E-state index < -0.39 is 0 Å². The van der Waals surface area contributed by atoms with E-state index in [-0.39, 0.29) is 12.4 Å². The Morgan fingerprint density at radius 2 is 2.06 bits per heavy atom. The molecule has 2 rings (SSSR count). The molecule has 0 radical (unpaired) electrons. The summed E-state index contributed by atoms with van der Waals surface area (Å²) in [4.78, 5) is 13.6. The average molecular weight is 450 g/mol. The first kappa shape index (κ1) is 28.7. The monoisotopic (exact) mass is 449 g/mol. The Morgan fingerprint density at radius 3 is 2.55 bits per heavy atom. The first-order chi connectivity index (χ1) is 14.9. The second-order valence-corrected chi connectivity index (χ2v) is 8.04. The van der Waals surface area contributed by atoms with Crippen LogP contribution in [0.3, 0.4) is 0 Å². The quantitative estimate of drug-likeness (QED) is 0.272. The van der Waals surface area contributed by atoms with Gasteiger partial charge in [-0.2, -0.15) is 5.26 Å². The highest BCUT2D eigenvalue weighted by Crippen LogP contribution is 2.24. The van der Waals surface area contributed by atoms with Crippen molar-refractivity contribution in [3.05, 3.63) is 40.7 Å². The van der Waals surface area contributed by atoms with Gasteiger partial charge in [0, 0.05) is 29.9 Å². The molecule has 0 aliphatic carbocycles. The van der Waals surface area contributed by atoms with Crippen LogP contribution >= 0.6 is 11.3 Å². The summed E-state index contributed by atoms with van der Waals surface area (Å²) in [6.45, 7) is 12.4. The zero-order valence-electron chi connectivity index (χ0n) is 19.4. The third kappa shape index (κ3) is 14.4. The van der Waals surface area contributed by atoms with Gasteiger partial charge in [0.05, 0.1) is 6.07 Å². The summed E-state index contributed by atoms with van der Waals surface area (Å²) in [5, 5.41) is 12.7. The van der Waals surface area contributed by atoms with Crippen LogP contribution in [0, 0.1) is 36.9 Å². The molecular formula is C24H36FN3O2S. The van der Waals surface area contributed by atoms with Gasteiger partial charge in [-0.3, -0.25) is 4.79 Å². The van der Waals surface area contributed by atoms with E-state index in [1.165, 1.54) is 36.7 Å². The molecule has 172 valence electrons. The van der Waals surface area contributed by atoms with Crippen molar-refractivity contribution in [3.63, 3.8) is 0 Å². The minimum absolute atomic E-state index is 0.101. The number of nitriles is 1. The molecule has 0 aliphatic heterocycles. The largest absolute Gasteiger partial charge is 0.381 e. The van der Waals surface area contributed by atoms with Crippen LogP contribution in [0.15, 0.2) is 23.6 Å². The fourth-order valence-corrected chi connectivity index (χ4v) is 3.08. The van der Waals surface area contributed by atoms with Gasteiger partial charge in [0.25, 0.3) is 0 Å². The Bertz CT molecular complexity index is 774. The van der Waals surface area contributed by atoms with Gasteiger partial charge in [-0.05, 0) is 50.7 Å². The summed E-state index contributed by atoms with van der Waals surface area (Å²) < 4.78 is 18.6. The Hall–Kier alpha value is -2.30. The van der Waals surface area contributed by atoms with Crippen molar-refractivity contribution in [2.75, 3.05) is 19.8 Å². The minimum Gasteiger partial charge on any atom is -0.381 e. The van der Waals surface area contributed by atoms with Crippen molar-refractivity contribution in [2.24, 2.45) is 5.92 Å². The lowest BCUT2D eigenvalue weighted by Crippen LogP contribution is -2.09. The van der Waals surface area contributed by atoms with Crippen LogP contribution < -0.4 is 5.32 Å². The van der Waals surface area contributed by atoms with Crippen LogP contribution in [0.25, 0.3) is 10.6 Å². The summed E-state index contributed by atoms with van der Waals surface area (Å²) in [7, 11) is 0. The molecule has 1 heterocycles. The van der Waals surface area contributed by atoms with E-state index in [1.54, 1.807) is 19.1 Å². The molecule has 5 nitrogen and oxygen atoms in total. The number of halogens is 1. The topological polar surface area (TPSA) is 75.0 Å². The van der Waals surface area contributed by atoms with Crippen molar-refractivity contribution >= 4 is 17.7 Å². The molecule has 31 heavy (non-hydrogen) atoms. The molecule has 1 N–H and O–H groups in total. The van der Waals surface area contributed by atoms with Crippen LogP contribution in [0.1, 0.15) is 57.7 Å². The van der Waals surface area contributed by atoms with Crippen LogP contribution in [0.5, 0.6) is 0 Å². The van der Waals surface area contributed by atoms with E-state index in [1.807, 2.05) is 18.4 Å². The molecule has 1 unspecified atom stereocenters. The van der Waals surface area contributed by atoms with E-state index in [9.17, 15) is 9.18 Å². The second kappa shape index (κ2) is 18.5. The number of rotatable bonds is 10. The number of amides is 1. The molecule has 2 aromatic rings. The van der Waals surface area contributed by atoms with E-state index in [0.29, 0.717) is 12.0 Å². The Morgan fingerprint density at radius 1 is 1.32 bits per heavy atom. The summed E-state index contributed by atoms with van der Waals surface area (Å²) >= 11 is 1.54. The number of aryl methyl sites for hydroxylation is 2. The van der Waals surface area contributed by atoms with E-state index in [2.05, 4.69) is 31.1 Å². The number of hydrogen-bond donors (Lipinski definition) is 1. The Labute approximate surface area is 190 Å². The molecule has 1 aromatic heterocycles. The summed E-state index contributed by atoms with van der Waals surface area (Å²) in [6.07, 6.45) is 5.48. The van der Waals surface area contributed by atoms with E-state index in [0.717, 1.165) is 41.8 Å². The highest BCUT2D eigenvalue weighted by Gasteiger charge is 2.04. The number of ether oxygens (including phenoxy) is 1. The molecule has 0 bridgehead atoms. The molecule has 0 aliphatic rings. The number of carbonyl (C=O) groups is 1. The average Bonchev–Trinajstić information content (AvgIpc) is 3.21. The van der Waals surface area contributed by atoms with Crippen molar-refractivity contribution in [2.45, 2.75) is 60.3 Å². The van der Waals surface area contributed by atoms with Gasteiger partial charge in [0.2, 0.25) is 6.41 Å². The van der Waals surface area contributed by atoms with Crippen LogP contribution in [-0.2, 0) is 9.53 Å². The van der Waals surface area contributed by atoms with Gasteiger partial charge >= 0.3 is 0 Å². The molecule has 1 atom stereocenters. The molecule has 1 aromatic carbocycles. The lowest BCUT2D eigenvalue weighted by Gasteiger charge is -2.07. The van der Waals surface area contributed by atoms with Crippen molar-refractivity contribution in [1.82, 2.24) is 10.3 Å². The SMILES string of the molecule is CCCOCCCC(C)CC.Cc1csc(-c2ccc(C)c(F)c2)n1.N#CCNC=O. The number of aromatic nitrogens is 1. The Kier molecular flexibility index (Phi) is 17.1. The molecule has 0 saturated carbocycles. The van der Waals surface area contributed by atoms with Gasteiger partial charge in [-0.25, -0.2) is 9.37 Å². The molecule has 0 fully saturated rings. The minimum atomic E-state index is -0.171. The van der Waals surface area contributed by atoms with Crippen LogP contribution in [-0.4, -0.2) is 31.2 Å². The molecule has 0 saturated heterocycles. The second-order valence-electron chi connectivity index (χ2n) is 7.18. The molecule has 7 heteroatoms. The lowest BCUT2D eigenvalue weighted by molar-refractivity contribution is -0.109. The van der Waals surface area contributed by atoms with Gasteiger partial charge in [-0.1, -0.05) is 39.3 Å². The normalized spacial score (nSPS) is 10.6. The molecular weight excluding hydrogens is 413 g/mol. The predicted molar refractivity (Wildman–Crippen MR) is 126 cm³/mol. The summed E-state index contributed by atoms with van der Waals surface area (Å²) in [5.41, 5.74) is 2.50. The highest BCUT2D eigenvalue weighted by atomic mass is 32.1. The first-order valence-corrected chi connectivity index (χ1v) is 11.6. The fourth-order valence-electron chi connectivity index (χ4n) is 2.28. The number of hydrogen-bond acceptors (Lipinski definition) is 5. The zero-order chi connectivity index (χ0) is 23.5. The first-order valence-electron chi connectivity index (χ1n) is 10.7. The highest BCUT2D eigenvalue weighted by molar-refractivity contribution is 7.13. The maximum atomic E-state index is 13.2. The summed E-state index contributed by atoms with van der Waals surface area (Å²) in [6, 6.07) is 6.94. The van der Waals surface area contributed by atoms with Crippen LogP contribution in [0.2, 0.25) is 0 Å². The molecule has 0 spiro atoms. The predicted octanol–water partition coefficient (Wildman–Crippen LogP) is 6.06. The van der Waals surface area contributed by atoms with Crippen LogP contribution in [0.4, 0.5) is 4.39 Å². The van der Waals surface area contributed by atoms with E-state index >= 15 is 0 Å². The smallest absolute Gasteiger partial charge is 0.207 e. The standard InChI is InChI=1S/C11H10FNS.C10H22O.C3H4N2O/c1-7-3-4-9(5-10(7)12)11-13-8(2)6-14-11;1-4-8-11-9-6-7-10(3)5-2;4-1-2-5-3-6/h3-6H,1-2H3;10H,4-9H2,1-3H3;3H,2H2,(H,5,6). The number of thiazole rings is 1. The third-order valence-corrected chi connectivity index (χ3v) is 5.34. The third-order valence-electron chi connectivity index (χ3n) is 4.33. The number of nitrogens with zero attached hydrogens (tertiary/aromatic N) is 2. The van der Waals surface area contributed by atoms with Gasteiger partial charge in [0.15, 0.2) is 0 Å². The lowest BCUT2D eigenvalue weighted by atomic mass is 10.0. The number of nitrogens with one attached hydrogen (secondary N) is 1. The van der Waals surface area contributed by atoms with Gasteiger partial charge in [0.1, 0.15) is 17.4 Å². The number of benzene rings is 1. The molecule has 1 amide bonds. The van der Waals surface area contributed by atoms with E-state index in [4.69, 9.17) is 10.00 Å². The zero-order valence-corrected chi connectivity index (χ0v) is 20.2. The fraction of sp³-hybridized carbons (Fsp3) is 0.542. The van der Waals surface area contributed by atoms with Gasteiger partial charge in [-0.15, -0.1) is 11.3 Å². The summed E-state index contributed by atoms with van der Waals surface area (Å²) in [5.74, 6) is 0.704. The van der Waals surface area contributed by atoms with Crippen molar-refractivity contribution in [1.29, 1.82) is 5.26 Å².